The van der Waals surface area contributed by atoms with E-state index < -0.39 is 12.6 Å². The highest BCUT2D eigenvalue weighted by molar-refractivity contribution is 4.71. The van der Waals surface area contributed by atoms with Gasteiger partial charge in [-0.25, -0.2) is 8.78 Å². The molecule has 0 aromatic heterocycles. The quantitative estimate of drug-likeness (QED) is 0.468. The summed E-state index contributed by atoms with van der Waals surface area (Å²) in [6.45, 7) is 0.830. The minimum Gasteiger partial charge on any atom is -0.366 e. The molecule has 0 aliphatic carbocycles. The summed E-state index contributed by atoms with van der Waals surface area (Å²) in [4.78, 5) is 0. The summed E-state index contributed by atoms with van der Waals surface area (Å²) < 4.78 is 28.2. The number of nitrogens with one attached hydrogen (secondary N) is 1. The van der Waals surface area contributed by atoms with Gasteiger partial charge in [-0.15, -0.1) is 0 Å². The van der Waals surface area contributed by atoms with Crippen LogP contribution in [0.5, 0.6) is 0 Å². The van der Waals surface area contributed by atoms with E-state index in [2.05, 4.69) is 4.74 Å². The van der Waals surface area contributed by atoms with E-state index in [9.17, 15) is 8.78 Å². The lowest BCUT2D eigenvalue weighted by Gasteiger charge is -2.19. The fourth-order valence-corrected chi connectivity index (χ4v) is 0.485. The Morgan fingerprint density at radius 1 is 1.62 bits per heavy atom. The molecule has 1 radical (unpaired) electrons. The van der Waals surface area contributed by atoms with Gasteiger partial charge in [-0.3, -0.25) is 5.32 Å². The van der Waals surface area contributed by atoms with Crippen LogP contribution in [0.1, 0.15) is 0 Å². The number of morpholine rings is 1. The van der Waals surface area contributed by atoms with Gasteiger partial charge in [0.2, 0.25) is 0 Å². The zero-order chi connectivity index (χ0) is 5.98. The van der Waals surface area contributed by atoms with Gasteiger partial charge in [0.25, 0.3) is 0 Å². The molecule has 1 aliphatic rings. The molecule has 1 saturated heterocycles. The van der Waals surface area contributed by atoms with E-state index in [1.54, 1.807) is 0 Å². The lowest BCUT2D eigenvalue weighted by molar-refractivity contribution is 0.00627. The van der Waals surface area contributed by atoms with E-state index in [1.165, 1.54) is 0 Å². The Morgan fingerprint density at radius 2 is 2.38 bits per heavy atom. The smallest absolute Gasteiger partial charge is 0.182 e. The van der Waals surface area contributed by atoms with Gasteiger partial charge < -0.3 is 4.74 Å². The monoisotopic (exact) mass is 122 g/mol. The van der Waals surface area contributed by atoms with Crippen molar-refractivity contribution < 1.29 is 13.5 Å². The van der Waals surface area contributed by atoms with Crippen molar-refractivity contribution in [1.82, 2.24) is 5.32 Å². The lowest BCUT2D eigenvalue weighted by atomic mass is 10.5. The molecule has 47 valence electrons. The third kappa shape index (κ3) is 1.38. The van der Waals surface area contributed by atoms with Crippen LogP contribution in [0.4, 0.5) is 8.78 Å². The molecule has 0 aromatic rings. The van der Waals surface area contributed by atoms with Crippen LogP contribution in [-0.2, 0) is 4.74 Å². The van der Waals surface area contributed by atoms with E-state index in [1.807, 2.05) is 5.32 Å². The summed E-state index contributed by atoms with van der Waals surface area (Å²) in [5.41, 5.74) is 0. The molecular weight excluding hydrogens is 116 g/mol. The molecule has 0 spiro atoms. The van der Waals surface area contributed by atoms with Crippen molar-refractivity contribution in [3.63, 3.8) is 0 Å². The summed E-state index contributed by atoms with van der Waals surface area (Å²) in [6, 6.07) is 0. The fraction of sp³-hybridized carbons (Fsp3) is 0.750. The molecule has 2 nitrogen and oxygen atoms in total. The van der Waals surface area contributed by atoms with Gasteiger partial charge in [0.15, 0.2) is 12.6 Å². The Morgan fingerprint density at radius 3 is 2.75 bits per heavy atom. The van der Waals surface area contributed by atoms with Crippen molar-refractivity contribution in [3.8, 4) is 0 Å². The first-order valence-electron chi connectivity index (χ1n) is 2.28. The summed E-state index contributed by atoms with van der Waals surface area (Å²) in [5, 5.41) is 1.97. The van der Waals surface area contributed by atoms with Crippen molar-refractivity contribution in [1.29, 1.82) is 0 Å². The van der Waals surface area contributed by atoms with Gasteiger partial charge in [0.1, 0.15) is 6.61 Å². The molecule has 2 atom stereocenters. The minimum atomic E-state index is -1.46. The summed E-state index contributed by atoms with van der Waals surface area (Å²) >= 11 is 0. The van der Waals surface area contributed by atoms with Crippen LogP contribution in [0.3, 0.4) is 0 Å². The average Bonchev–Trinajstić information content (AvgIpc) is 1.64. The number of hydrogen-bond donors (Lipinski definition) is 1. The molecule has 4 heteroatoms. The molecule has 1 aliphatic heterocycles. The Hall–Kier alpha value is -0.220. The highest BCUT2D eigenvalue weighted by Crippen LogP contribution is 2.04. The largest absolute Gasteiger partial charge is 0.366 e. The van der Waals surface area contributed by atoms with Crippen LogP contribution >= 0.6 is 0 Å². The molecule has 8 heavy (non-hydrogen) atoms. The van der Waals surface area contributed by atoms with Crippen molar-refractivity contribution in [2.75, 3.05) is 6.61 Å². The van der Waals surface area contributed by atoms with Crippen LogP contribution in [-0.4, -0.2) is 19.2 Å². The van der Waals surface area contributed by atoms with E-state index >= 15 is 0 Å². The number of ether oxygens (including phenoxy) is 1. The first kappa shape index (κ1) is 5.91. The maximum Gasteiger partial charge on any atom is 0.182 e. The zero-order valence-electron chi connectivity index (χ0n) is 4.10. The molecule has 1 N–H and O–H groups in total. The number of alkyl halides is 2. The van der Waals surface area contributed by atoms with Gasteiger partial charge in [-0.2, -0.15) is 0 Å². The van der Waals surface area contributed by atoms with E-state index in [-0.39, 0.29) is 6.61 Å². The topological polar surface area (TPSA) is 21.3 Å². The number of halogens is 2. The minimum absolute atomic E-state index is 0.0968. The van der Waals surface area contributed by atoms with Gasteiger partial charge in [-0.1, -0.05) is 0 Å². The highest BCUT2D eigenvalue weighted by Gasteiger charge is 2.19. The van der Waals surface area contributed by atoms with Crippen molar-refractivity contribution >= 4 is 0 Å². The standard InChI is InChI=1S/C4H6F2NO/c5-3-1-8-2-4(6)7-3/h1,3-4,7H,2H2. The van der Waals surface area contributed by atoms with Crippen LogP contribution in [0.15, 0.2) is 0 Å². The fourth-order valence-electron chi connectivity index (χ4n) is 0.485. The maximum atomic E-state index is 11.9. The van der Waals surface area contributed by atoms with E-state index in [4.69, 9.17) is 0 Å². The molecule has 1 fully saturated rings. The van der Waals surface area contributed by atoms with Crippen LogP contribution in [0.2, 0.25) is 0 Å². The van der Waals surface area contributed by atoms with Crippen LogP contribution in [0.25, 0.3) is 0 Å². The predicted octanol–water partition coefficient (Wildman–Crippen LogP) is 0.359. The molecule has 0 bridgehead atoms. The van der Waals surface area contributed by atoms with E-state index in [0.717, 1.165) is 6.61 Å². The predicted molar refractivity (Wildman–Crippen MR) is 23.2 cm³/mol. The molecular formula is C4H6F2NO. The molecule has 2 unspecified atom stereocenters. The van der Waals surface area contributed by atoms with Crippen molar-refractivity contribution in [3.05, 3.63) is 6.61 Å². The van der Waals surface area contributed by atoms with Gasteiger partial charge in [0, 0.05) is 0 Å². The molecule has 1 heterocycles. The molecule has 0 aromatic carbocycles. The first-order valence-corrected chi connectivity index (χ1v) is 2.28. The average molecular weight is 122 g/mol. The Labute approximate surface area is 45.8 Å². The zero-order valence-corrected chi connectivity index (χ0v) is 4.10. The van der Waals surface area contributed by atoms with E-state index in [0.29, 0.717) is 0 Å². The Bertz CT molecular complexity index is 72.4. The van der Waals surface area contributed by atoms with Gasteiger partial charge >= 0.3 is 0 Å². The third-order valence-electron chi connectivity index (χ3n) is 0.798. The summed E-state index contributed by atoms with van der Waals surface area (Å²) in [5.74, 6) is 0. The number of hydrogen-bond acceptors (Lipinski definition) is 2. The maximum absolute atomic E-state index is 11.9. The Balaban J connectivity index is 2.23. The summed E-state index contributed by atoms with van der Waals surface area (Å²) in [6.07, 6.45) is -2.83. The lowest BCUT2D eigenvalue weighted by Crippen LogP contribution is -2.41. The van der Waals surface area contributed by atoms with Crippen molar-refractivity contribution in [2.24, 2.45) is 0 Å². The highest BCUT2D eigenvalue weighted by atomic mass is 19.2. The van der Waals surface area contributed by atoms with Gasteiger partial charge in [-0.05, 0) is 0 Å². The second kappa shape index (κ2) is 2.37. The molecule has 1 rings (SSSR count). The van der Waals surface area contributed by atoms with Crippen LogP contribution < -0.4 is 5.32 Å². The summed E-state index contributed by atoms with van der Waals surface area (Å²) in [7, 11) is 0. The van der Waals surface area contributed by atoms with Gasteiger partial charge in [0.05, 0.1) is 6.61 Å². The first-order chi connectivity index (χ1) is 3.79. The Kier molecular flexibility index (Phi) is 1.75. The van der Waals surface area contributed by atoms with Crippen LogP contribution in [0, 0.1) is 6.61 Å². The third-order valence-corrected chi connectivity index (χ3v) is 0.798. The second-order valence-electron chi connectivity index (χ2n) is 1.51. The molecule has 0 saturated carbocycles. The molecule has 0 amide bonds. The second-order valence-corrected chi connectivity index (χ2v) is 1.51. The SMILES string of the molecule is FC1[CH]OCC(F)N1. The normalized spacial score (nSPS) is 39.8. The van der Waals surface area contributed by atoms with Crippen molar-refractivity contribution in [2.45, 2.75) is 12.6 Å². The number of rotatable bonds is 0.